The summed E-state index contributed by atoms with van der Waals surface area (Å²) in [5, 5.41) is 0. The van der Waals surface area contributed by atoms with Crippen LogP contribution in [0.5, 0.6) is 17.2 Å². The topological polar surface area (TPSA) is 27.7 Å². The number of methoxy groups -OCH3 is 3. The van der Waals surface area contributed by atoms with Crippen molar-refractivity contribution in [2.45, 2.75) is 0 Å². The zero-order valence-electron chi connectivity index (χ0n) is 13.2. The number of benzene rings is 1. The molecule has 0 aromatic heterocycles. The molecule has 0 fully saturated rings. The second-order valence-electron chi connectivity index (χ2n) is 2.34. The first-order valence-electron chi connectivity index (χ1n) is 3.68. The maximum atomic E-state index is 5.14. The Kier molecular flexibility index (Phi) is 10.5. The Hall–Kier alpha value is 0.632. The Balaban J connectivity index is -0.0000000704. The monoisotopic (exact) mass is 298 g/mol. The molecule has 0 spiro atoms. The minimum atomic E-state index is 0. The Bertz CT molecular complexity index is 297. The summed E-state index contributed by atoms with van der Waals surface area (Å²) >= 11 is 3.34. The molecule has 0 aliphatic carbocycles. The predicted molar refractivity (Wildman–Crippen MR) is 69.8 cm³/mol. The molecular weight excluding hydrogens is 285 g/mol. The van der Waals surface area contributed by atoms with Crippen LogP contribution in [0.15, 0.2) is 16.6 Å². The largest absolute Gasteiger partial charge is 2.00 e. The third-order valence-corrected chi connectivity index (χ3v) is 2.09. The second-order valence-corrected chi connectivity index (χ2v) is 3.26. The molecule has 0 radical (unpaired) electrons. The van der Waals surface area contributed by atoms with Crippen LogP contribution in [0.3, 0.4) is 0 Å². The molecule has 1 aromatic carbocycles. The van der Waals surface area contributed by atoms with Gasteiger partial charge in [-0.05, 0) is 12.1 Å². The zero-order valence-corrected chi connectivity index (χ0v) is 13.6. The van der Waals surface area contributed by atoms with E-state index in [9.17, 15) is 0 Å². The molecule has 0 unspecified atom stereocenters. The molecule has 1 rings (SSSR count). The number of halogens is 1. The van der Waals surface area contributed by atoms with Gasteiger partial charge >= 0.3 is 46.1 Å². The zero-order chi connectivity index (χ0) is 9.84. The van der Waals surface area contributed by atoms with E-state index in [1.165, 1.54) is 0 Å². The smallest absolute Gasteiger partial charge is 1.00 e. The quantitative estimate of drug-likeness (QED) is 0.801. The van der Waals surface area contributed by atoms with Crippen LogP contribution >= 0.6 is 15.9 Å². The first-order chi connectivity index (χ1) is 6.22. The van der Waals surface area contributed by atoms with Crippen molar-refractivity contribution in [3.05, 3.63) is 16.6 Å². The van der Waals surface area contributed by atoms with E-state index in [-0.39, 0.29) is 51.8 Å². The minimum absolute atomic E-state index is 0. The van der Waals surface area contributed by atoms with E-state index in [4.69, 9.17) is 14.2 Å². The fraction of sp³-hybridized carbons (Fsp3) is 0.333. The molecule has 15 heavy (non-hydrogen) atoms. The van der Waals surface area contributed by atoms with Gasteiger partial charge in [0.1, 0.15) is 0 Å². The van der Waals surface area contributed by atoms with Crippen molar-refractivity contribution in [1.82, 2.24) is 0 Å². The molecular formula is C9H15BrMg2O3. The molecule has 0 bridgehead atoms. The summed E-state index contributed by atoms with van der Waals surface area (Å²) in [6, 6.07) is 3.64. The molecule has 6 heteroatoms. The van der Waals surface area contributed by atoms with Gasteiger partial charge in [-0.3, -0.25) is 0 Å². The van der Waals surface area contributed by atoms with Crippen molar-refractivity contribution in [1.29, 1.82) is 0 Å². The van der Waals surface area contributed by atoms with Gasteiger partial charge in [-0.2, -0.15) is 0 Å². The summed E-state index contributed by atoms with van der Waals surface area (Å²) in [6.45, 7) is 0. The van der Waals surface area contributed by atoms with Crippen LogP contribution in [-0.2, 0) is 0 Å². The predicted octanol–water partition coefficient (Wildman–Crippen LogP) is 2.16. The van der Waals surface area contributed by atoms with Crippen molar-refractivity contribution in [2.75, 3.05) is 21.3 Å². The van der Waals surface area contributed by atoms with E-state index in [1.54, 1.807) is 21.3 Å². The van der Waals surface area contributed by atoms with Gasteiger partial charge in [-0.25, -0.2) is 0 Å². The van der Waals surface area contributed by atoms with Crippen LogP contribution in [-0.4, -0.2) is 67.4 Å². The summed E-state index contributed by atoms with van der Waals surface area (Å²) in [4.78, 5) is 0. The Morgan fingerprint density at radius 1 is 0.933 bits per heavy atom. The van der Waals surface area contributed by atoms with Crippen molar-refractivity contribution in [3.63, 3.8) is 0 Å². The maximum Gasteiger partial charge on any atom is 2.00 e. The van der Waals surface area contributed by atoms with Crippen molar-refractivity contribution >= 4 is 62.0 Å². The normalized spacial score (nSPS) is 8.27. The molecule has 0 N–H and O–H groups in total. The van der Waals surface area contributed by atoms with E-state index in [1.807, 2.05) is 12.1 Å². The number of ether oxygens (including phenoxy) is 3. The van der Waals surface area contributed by atoms with Gasteiger partial charge in [-0.1, -0.05) is 15.9 Å². The SMILES string of the molecule is COc1cc(Br)cc(OC)c1OC.[H-].[H-].[H-].[H-].[Mg+2].[Mg+2]. The van der Waals surface area contributed by atoms with Crippen molar-refractivity contribution in [2.24, 2.45) is 0 Å². The molecule has 0 heterocycles. The van der Waals surface area contributed by atoms with Gasteiger partial charge in [0, 0.05) is 4.47 Å². The van der Waals surface area contributed by atoms with E-state index >= 15 is 0 Å². The van der Waals surface area contributed by atoms with Crippen molar-refractivity contribution in [3.8, 4) is 17.2 Å². The van der Waals surface area contributed by atoms with Crippen LogP contribution in [0.25, 0.3) is 0 Å². The minimum Gasteiger partial charge on any atom is -1.00 e. The number of hydrogen-bond acceptors (Lipinski definition) is 3. The van der Waals surface area contributed by atoms with Gasteiger partial charge in [0.15, 0.2) is 11.5 Å². The maximum absolute atomic E-state index is 5.14. The van der Waals surface area contributed by atoms with Crippen LogP contribution in [0.1, 0.15) is 5.71 Å². The Labute approximate surface area is 136 Å². The van der Waals surface area contributed by atoms with Gasteiger partial charge < -0.3 is 19.9 Å². The van der Waals surface area contributed by atoms with Gasteiger partial charge in [-0.15, -0.1) is 0 Å². The molecule has 3 nitrogen and oxygen atoms in total. The van der Waals surface area contributed by atoms with Crippen LogP contribution in [0, 0.1) is 0 Å². The van der Waals surface area contributed by atoms with Crippen LogP contribution < -0.4 is 14.2 Å². The first kappa shape index (κ1) is 18.0. The molecule has 0 amide bonds. The van der Waals surface area contributed by atoms with Gasteiger partial charge in [0.05, 0.1) is 21.3 Å². The first-order valence-corrected chi connectivity index (χ1v) is 4.47. The summed E-state index contributed by atoms with van der Waals surface area (Å²) in [6.07, 6.45) is 0. The molecule has 0 atom stereocenters. The van der Waals surface area contributed by atoms with Gasteiger partial charge in [0.2, 0.25) is 5.75 Å². The van der Waals surface area contributed by atoms with Gasteiger partial charge in [0.25, 0.3) is 0 Å². The van der Waals surface area contributed by atoms with E-state index in [0.29, 0.717) is 17.2 Å². The van der Waals surface area contributed by atoms with Crippen LogP contribution in [0.2, 0.25) is 0 Å². The molecule has 0 aliphatic heterocycles. The average molecular weight is 300 g/mol. The molecule has 0 saturated carbocycles. The molecule has 1 aromatic rings. The third-order valence-electron chi connectivity index (χ3n) is 1.63. The molecule has 0 aliphatic rings. The standard InChI is InChI=1S/C9H11BrO3.2Mg.4H/c1-11-7-4-6(10)5-8(12-2)9(7)13-3;;;;;;/h4-5H,1-3H3;;;;;;/q;2*+2;4*-1. The summed E-state index contributed by atoms with van der Waals surface area (Å²) in [7, 11) is 4.75. The second kappa shape index (κ2) is 8.75. The molecule has 0 saturated heterocycles. The number of hydrogen-bond donors (Lipinski definition) is 0. The van der Waals surface area contributed by atoms with E-state index in [2.05, 4.69) is 15.9 Å². The fourth-order valence-corrected chi connectivity index (χ4v) is 1.46. The summed E-state index contributed by atoms with van der Waals surface area (Å²) in [5.41, 5.74) is 0. The van der Waals surface area contributed by atoms with E-state index < -0.39 is 0 Å². The van der Waals surface area contributed by atoms with E-state index in [0.717, 1.165) is 4.47 Å². The third kappa shape index (κ3) is 4.56. The van der Waals surface area contributed by atoms with Crippen molar-refractivity contribution < 1.29 is 19.9 Å². The molecule has 80 valence electrons. The summed E-state index contributed by atoms with van der Waals surface area (Å²) < 4.78 is 16.3. The summed E-state index contributed by atoms with van der Waals surface area (Å²) in [5.74, 6) is 1.90. The van der Waals surface area contributed by atoms with Crippen LogP contribution in [0.4, 0.5) is 0 Å². The average Bonchev–Trinajstić information content (AvgIpc) is 2.16. The Morgan fingerprint density at radius 3 is 1.60 bits per heavy atom. The number of rotatable bonds is 3. The Morgan fingerprint density at radius 2 is 1.33 bits per heavy atom. The fourth-order valence-electron chi connectivity index (χ4n) is 1.05.